The highest BCUT2D eigenvalue weighted by Crippen LogP contribution is 2.15. The van der Waals surface area contributed by atoms with Crippen LogP contribution in [0.1, 0.15) is 21.6 Å². The maximum atomic E-state index is 11.8. The van der Waals surface area contributed by atoms with E-state index < -0.39 is 0 Å². The summed E-state index contributed by atoms with van der Waals surface area (Å²) in [6.07, 6.45) is 1.54. The van der Waals surface area contributed by atoms with Gasteiger partial charge in [0, 0.05) is 24.0 Å². The molecular weight excluding hydrogens is 228 g/mol. The monoisotopic (exact) mass is 242 g/mol. The number of aryl methyl sites for hydroxylation is 1. The van der Waals surface area contributed by atoms with Crippen LogP contribution in [0.2, 0.25) is 0 Å². The number of pyridine rings is 1. The van der Waals surface area contributed by atoms with E-state index in [4.69, 9.17) is 0 Å². The lowest BCUT2D eigenvalue weighted by molar-refractivity contribution is 0.0950. The summed E-state index contributed by atoms with van der Waals surface area (Å²) in [5.74, 6) is -0.0226. The SMILES string of the molecule is Cc1ccc(C(=O)NCc2ccccc2O)cn1. The van der Waals surface area contributed by atoms with Crippen LogP contribution >= 0.6 is 0 Å². The molecule has 0 saturated heterocycles. The molecule has 2 N–H and O–H groups in total. The number of para-hydroxylation sites is 1. The molecule has 0 atom stereocenters. The number of aromatic nitrogens is 1. The predicted octanol–water partition coefficient (Wildman–Crippen LogP) is 2.03. The number of phenols is 1. The van der Waals surface area contributed by atoms with Crippen molar-refractivity contribution in [3.05, 3.63) is 59.4 Å². The number of carbonyl (C=O) groups is 1. The normalized spacial score (nSPS) is 10.1. The first-order valence-electron chi connectivity index (χ1n) is 5.64. The molecule has 0 aliphatic carbocycles. The summed E-state index contributed by atoms with van der Waals surface area (Å²) in [6.45, 7) is 2.16. The van der Waals surface area contributed by atoms with Gasteiger partial charge in [0.25, 0.3) is 5.91 Å². The van der Waals surface area contributed by atoms with Crippen molar-refractivity contribution < 1.29 is 9.90 Å². The fraction of sp³-hybridized carbons (Fsp3) is 0.143. The second kappa shape index (κ2) is 5.31. The molecule has 1 aromatic heterocycles. The molecule has 0 unspecified atom stereocenters. The van der Waals surface area contributed by atoms with Gasteiger partial charge in [0.2, 0.25) is 0 Å². The molecular formula is C14H14N2O2. The summed E-state index contributed by atoms with van der Waals surface area (Å²) in [7, 11) is 0. The van der Waals surface area contributed by atoms with E-state index >= 15 is 0 Å². The van der Waals surface area contributed by atoms with Gasteiger partial charge in [-0.1, -0.05) is 18.2 Å². The predicted molar refractivity (Wildman–Crippen MR) is 68.3 cm³/mol. The maximum Gasteiger partial charge on any atom is 0.253 e. The number of carbonyl (C=O) groups excluding carboxylic acids is 1. The second-order valence-electron chi connectivity index (χ2n) is 4.00. The minimum absolute atomic E-state index is 0.180. The van der Waals surface area contributed by atoms with Gasteiger partial charge < -0.3 is 10.4 Å². The molecule has 1 heterocycles. The molecule has 1 aromatic carbocycles. The molecule has 2 aromatic rings. The topological polar surface area (TPSA) is 62.2 Å². The Balaban J connectivity index is 2.01. The molecule has 1 amide bonds. The first-order valence-corrected chi connectivity index (χ1v) is 5.64. The van der Waals surface area contributed by atoms with Crippen LogP contribution in [0.5, 0.6) is 5.75 Å². The average Bonchev–Trinajstić information content (AvgIpc) is 2.38. The van der Waals surface area contributed by atoms with E-state index in [2.05, 4.69) is 10.3 Å². The lowest BCUT2D eigenvalue weighted by atomic mass is 10.2. The van der Waals surface area contributed by atoms with E-state index in [1.807, 2.05) is 13.0 Å². The largest absolute Gasteiger partial charge is 0.508 e. The smallest absolute Gasteiger partial charge is 0.253 e. The van der Waals surface area contributed by atoms with Crippen molar-refractivity contribution in [1.29, 1.82) is 0 Å². The third-order valence-electron chi connectivity index (χ3n) is 2.60. The fourth-order valence-electron chi connectivity index (χ4n) is 1.54. The Kier molecular flexibility index (Phi) is 3.57. The van der Waals surface area contributed by atoms with Gasteiger partial charge in [-0.25, -0.2) is 0 Å². The fourth-order valence-corrected chi connectivity index (χ4v) is 1.54. The van der Waals surface area contributed by atoms with E-state index in [0.717, 1.165) is 5.69 Å². The first-order chi connectivity index (χ1) is 8.66. The molecule has 0 spiro atoms. The van der Waals surface area contributed by atoms with E-state index in [9.17, 15) is 9.90 Å². The summed E-state index contributed by atoms with van der Waals surface area (Å²) in [4.78, 5) is 15.9. The van der Waals surface area contributed by atoms with E-state index in [1.54, 1.807) is 30.3 Å². The molecule has 0 radical (unpaired) electrons. The number of phenolic OH excluding ortho intramolecular Hbond substituents is 1. The number of rotatable bonds is 3. The van der Waals surface area contributed by atoms with Gasteiger partial charge in [0.1, 0.15) is 5.75 Å². The number of benzene rings is 1. The van der Waals surface area contributed by atoms with Gasteiger partial charge in [-0.3, -0.25) is 9.78 Å². The molecule has 0 fully saturated rings. The molecule has 92 valence electrons. The van der Waals surface area contributed by atoms with Crippen molar-refractivity contribution in [3.63, 3.8) is 0 Å². The van der Waals surface area contributed by atoms with Crippen molar-refractivity contribution in [1.82, 2.24) is 10.3 Å². The van der Waals surface area contributed by atoms with Crippen molar-refractivity contribution in [2.75, 3.05) is 0 Å². The van der Waals surface area contributed by atoms with Gasteiger partial charge in [-0.2, -0.15) is 0 Å². The van der Waals surface area contributed by atoms with Crippen LogP contribution in [0, 0.1) is 6.92 Å². The maximum absolute atomic E-state index is 11.8. The highest BCUT2D eigenvalue weighted by Gasteiger charge is 2.06. The molecule has 4 heteroatoms. The Hall–Kier alpha value is -2.36. The first kappa shape index (κ1) is 12.1. The van der Waals surface area contributed by atoms with Crippen LogP contribution in [0.3, 0.4) is 0 Å². The highest BCUT2D eigenvalue weighted by atomic mass is 16.3. The third-order valence-corrected chi connectivity index (χ3v) is 2.60. The van der Waals surface area contributed by atoms with Crippen molar-refractivity contribution in [3.8, 4) is 5.75 Å². The van der Waals surface area contributed by atoms with Crippen molar-refractivity contribution in [2.45, 2.75) is 13.5 Å². The molecule has 2 rings (SSSR count). The van der Waals surface area contributed by atoms with Crippen LogP contribution in [-0.4, -0.2) is 16.0 Å². The Morgan fingerprint density at radius 2 is 2.06 bits per heavy atom. The minimum atomic E-state index is -0.203. The van der Waals surface area contributed by atoms with Gasteiger partial charge in [-0.15, -0.1) is 0 Å². The minimum Gasteiger partial charge on any atom is -0.508 e. The Morgan fingerprint density at radius 3 is 2.72 bits per heavy atom. The number of amides is 1. The second-order valence-corrected chi connectivity index (χ2v) is 4.00. The third kappa shape index (κ3) is 2.85. The van der Waals surface area contributed by atoms with E-state index in [0.29, 0.717) is 17.7 Å². The molecule has 4 nitrogen and oxygen atoms in total. The number of hydrogen-bond acceptors (Lipinski definition) is 3. The zero-order valence-corrected chi connectivity index (χ0v) is 10.1. The Labute approximate surface area is 105 Å². The van der Waals surface area contributed by atoms with Crippen LogP contribution in [-0.2, 0) is 6.54 Å². The summed E-state index contributed by atoms with van der Waals surface area (Å²) in [5, 5.41) is 12.3. The lowest BCUT2D eigenvalue weighted by Crippen LogP contribution is -2.22. The molecule has 0 bridgehead atoms. The lowest BCUT2D eigenvalue weighted by Gasteiger charge is -2.06. The Bertz CT molecular complexity index is 550. The van der Waals surface area contributed by atoms with Crippen molar-refractivity contribution in [2.24, 2.45) is 0 Å². The standard InChI is InChI=1S/C14H14N2O2/c1-10-6-7-12(9-15-10)14(18)16-8-11-4-2-3-5-13(11)17/h2-7,9,17H,8H2,1H3,(H,16,18). The molecule has 18 heavy (non-hydrogen) atoms. The van der Waals surface area contributed by atoms with Gasteiger partial charge in [-0.05, 0) is 25.1 Å². The van der Waals surface area contributed by atoms with Crippen LogP contribution in [0.4, 0.5) is 0 Å². The van der Waals surface area contributed by atoms with E-state index in [1.165, 1.54) is 6.20 Å². The summed E-state index contributed by atoms with van der Waals surface area (Å²) < 4.78 is 0. The molecule has 0 aliphatic rings. The van der Waals surface area contributed by atoms with Gasteiger partial charge in [0.15, 0.2) is 0 Å². The summed E-state index contributed by atoms with van der Waals surface area (Å²) in [6, 6.07) is 10.4. The van der Waals surface area contributed by atoms with Crippen molar-refractivity contribution >= 4 is 5.91 Å². The summed E-state index contributed by atoms with van der Waals surface area (Å²) in [5.41, 5.74) is 2.06. The molecule has 0 aliphatic heterocycles. The van der Waals surface area contributed by atoms with Gasteiger partial charge in [0.05, 0.1) is 5.56 Å². The van der Waals surface area contributed by atoms with Crippen LogP contribution in [0.15, 0.2) is 42.6 Å². The quantitative estimate of drug-likeness (QED) is 0.865. The molecule has 0 saturated carbocycles. The number of hydrogen-bond donors (Lipinski definition) is 2. The van der Waals surface area contributed by atoms with E-state index in [-0.39, 0.29) is 11.7 Å². The zero-order valence-electron chi connectivity index (χ0n) is 10.1. The number of nitrogens with one attached hydrogen (secondary N) is 1. The number of aromatic hydroxyl groups is 1. The van der Waals surface area contributed by atoms with Crippen LogP contribution < -0.4 is 5.32 Å². The summed E-state index contributed by atoms with van der Waals surface area (Å²) >= 11 is 0. The van der Waals surface area contributed by atoms with Gasteiger partial charge >= 0.3 is 0 Å². The Morgan fingerprint density at radius 1 is 1.28 bits per heavy atom. The highest BCUT2D eigenvalue weighted by molar-refractivity contribution is 5.93. The number of nitrogens with zero attached hydrogens (tertiary/aromatic N) is 1. The average molecular weight is 242 g/mol. The zero-order chi connectivity index (χ0) is 13.0. The van der Waals surface area contributed by atoms with Crippen LogP contribution in [0.25, 0.3) is 0 Å².